The SMILES string of the molecule is CCCCCCCCc1cccc(O)c1C(=O)NNC(=O)C(C)CCC(CCCCC)C(=O)NNC(=O)c1c(O)cccc1CCCCCCCC. The fourth-order valence-electron chi connectivity index (χ4n) is 6.52. The monoisotopic (exact) mass is 722 g/mol. The zero-order valence-corrected chi connectivity index (χ0v) is 32.3. The molecule has 0 saturated carbocycles. The lowest BCUT2D eigenvalue weighted by molar-refractivity contribution is -0.128. The lowest BCUT2D eigenvalue weighted by Gasteiger charge is -2.20. The van der Waals surface area contributed by atoms with E-state index in [0.29, 0.717) is 32.1 Å². The van der Waals surface area contributed by atoms with Gasteiger partial charge in [-0.05, 0) is 68.2 Å². The Hall–Kier alpha value is -4.08. The van der Waals surface area contributed by atoms with Gasteiger partial charge in [-0.1, -0.05) is 135 Å². The maximum atomic E-state index is 13.3. The van der Waals surface area contributed by atoms with Crippen LogP contribution in [0.25, 0.3) is 0 Å². The average molecular weight is 723 g/mol. The topological polar surface area (TPSA) is 157 Å². The van der Waals surface area contributed by atoms with Gasteiger partial charge >= 0.3 is 0 Å². The van der Waals surface area contributed by atoms with Crippen LogP contribution in [-0.4, -0.2) is 33.8 Å². The van der Waals surface area contributed by atoms with E-state index < -0.39 is 29.6 Å². The molecule has 2 unspecified atom stereocenters. The third-order valence-corrected chi connectivity index (χ3v) is 9.83. The number of aromatic hydroxyl groups is 2. The molecule has 4 amide bonds. The number of amides is 4. The molecule has 0 bridgehead atoms. The molecule has 52 heavy (non-hydrogen) atoms. The number of hydrogen-bond acceptors (Lipinski definition) is 6. The van der Waals surface area contributed by atoms with Gasteiger partial charge in [-0.25, -0.2) is 0 Å². The zero-order chi connectivity index (χ0) is 38.1. The van der Waals surface area contributed by atoms with E-state index in [4.69, 9.17) is 0 Å². The van der Waals surface area contributed by atoms with E-state index in [9.17, 15) is 29.4 Å². The molecule has 0 heterocycles. The summed E-state index contributed by atoms with van der Waals surface area (Å²) in [6, 6.07) is 10.1. The Bertz CT molecular complexity index is 1380. The minimum Gasteiger partial charge on any atom is -0.507 e. The van der Waals surface area contributed by atoms with Crippen molar-refractivity contribution in [2.75, 3.05) is 0 Å². The number of rotatable bonds is 25. The summed E-state index contributed by atoms with van der Waals surface area (Å²) in [6.07, 6.45) is 18.8. The Morgan fingerprint density at radius 2 is 0.942 bits per heavy atom. The molecule has 2 aromatic carbocycles. The number of hydrogen-bond donors (Lipinski definition) is 6. The molecule has 0 aliphatic rings. The van der Waals surface area contributed by atoms with E-state index in [2.05, 4.69) is 42.5 Å². The molecule has 10 heteroatoms. The number of benzene rings is 2. The second kappa shape index (κ2) is 25.8. The summed E-state index contributed by atoms with van der Waals surface area (Å²) >= 11 is 0. The van der Waals surface area contributed by atoms with Crippen LogP contribution in [0.3, 0.4) is 0 Å². The van der Waals surface area contributed by atoms with Gasteiger partial charge in [-0.3, -0.25) is 40.9 Å². The highest BCUT2D eigenvalue weighted by atomic mass is 16.3. The first-order chi connectivity index (χ1) is 25.1. The van der Waals surface area contributed by atoms with Gasteiger partial charge in [0.2, 0.25) is 11.8 Å². The maximum Gasteiger partial charge on any atom is 0.273 e. The predicted molar refractivity (Wildman–Crippen MR) is 208 cm³/mol. The van der Waals surface area contributed by atoms with Crippen molar-refractivity contribution in [2.24, 2.45) is 11.8 Å². The molecule has 0 aliphatic heterocycles. The second-order valence-electron chi connectivity index (χ2n) is 14.2. The van der Waals surface area contributed by atoms with Crippen molar-refractivity contribution in [3.8, 4) is 11.5 Å². The molecular weight excluding hydrogens is 656 g/mol. The fraction of sp³-hybridized carbons (Fsp3) is 0.619. The van der Waals surface area contributed by atoms with Crippen molar-refractivity contribution in [3.63, 3.8) is 0 Å². The van der Waals surface area contributed by atoms with Gasteiger partial charge in [0.05, 0.1) is 11.1 Å². The molecule has 10 nitrogen and oxygen atoms in total. The van der Waals surface area contributed by atoms with Crippen LogP contribution in [0.4, 0.5) is 0 Å². The van der Waals surface area contributed by atoms with Crippen LogP contribution in [0.15, 0.2) is 36.4 Å². The third-order valence-electron chi connectivity index (χ3n) is 9.83. The lowest BCUT2D eigenvalue weighted by Crippen LogP contribution is -2.45. The van der Waals surface area contributed by atoms with Crippen LogP contribution in [0.2, 0.25) is 0 Å². The Morgan fingerprint density at radius 1 is 0.519 bits per heavy atom. The van der Waals surface area contributed by atoms with Crippen molar-refractivity contribution in [1.82, 2.24) is 21.7 Å². The van der Waals surface area contributed by atoms with Crippen molar-refractivity contribution >= 4 is 23.6 Å². The molecule has 2 aromatic rings. The van der Waals surface area contributed by atoms with Crippen LogP contribution in [-0.2, 0) is 22.4 Å². The van der Waals surface area contributed by atoms with Gasteiger partial charge in [0.25, 0.3) is 11.8 Å². The lowest BCUT2D eigenvalue weighted by atomic mass is 9.91. The standard InChI is InChI=1S/C42H66N4O6/c1-5-8-11-13-15-18-22-32-25-20-27-35(47)37(32)41(51)45-43-39(49)31(4)29-30-34(24-17-10-7-3)40(50)44-46-42(52)38-33(26-21-28-36(38)48)23-19-16-14-12-9-6-2/h20-21,25-28,31,34,47-48H,5-19,22-24,29-30H2,1-4H3,(H,43,49)(H,44,50)(H,45,51)(H,46,52). The van der Waals surface area contributed by atoms with Gasteiger partial charge < -0.3 is 10.2 Å². The first-order valence-corrected chi connectivity index (χ1v) is 20.0. The molecule has 2 rings (SSSR count). The zero-order valence-electron chi connectivity index (χ0n) is 32.3. The molecule has 0 spiro atoms. The maximum absolute atomic E-state index is 13.3. The van der Waals surface area contributed by atoms with E-state index >= 15 is 0 Å². The van der Waals surface area contributed by atoms with Gasteiger partial charge in [-0.2, -0.15) is 0 Å². The summed E-state index contributed by atoms with van der Waals surface area (Å²) in [4.78, 5) is 52.6. The van der Waals surface area contributed by atoms with E-state index in [0.717, 1.165) is 68.9 Å². The minimum atomic E-state index is -0.577. The smallest absolute Gasteiger partial charge is 0.273 e. The Morgan fingerprint density at radius 3 is 1.42 bits per heavy atom. The molecule has 290 valence electrons. The number of hydrazine groups is 2. The van der Waals surface area contributed by atoms with Crippen molar-refractivity contribution < 1.29 is 29.4 Å². The van der Waals surface area contributed by atoms with E-state index in [1.807, 2.05) is 12.1 Å². The molecule has 2 atom stereocenters. The van der Waals surface area contributed by atoms with Gasteiger partial charge in [0, 0.05) is 11.8 Å². The summed E-state index contributed by atoms with van der Waals surface area (Å²) in [5.74, 6) is -3.13. The molecule has 0 radical (unpaired) electrons. The summed E-state index contributed by atoms with van der Waals surface area (Å²) in [6.45, 7) is 8.17. The van der Waals surface area contributed by atoms with Crippen molar-refractivity contribution in [1.29, 1.82) is 0 Å². The number of carbonyl (C=O) groups is 4. The molecule has 0 fully saturated rings. The molecule has 6 N–H and O–H groups in total. The molecule has 0 aromatic heterocycles. The van der Waals surface area contributed by atoms with Crippen LogP contribution in [0.5, 0.6) is 11.5 Å². The second-order valence-corrected chi connectivity index (χ2v) is 14.2. The number of nitrogens with one attached hydrogen (secondary N) is 4. The highest BCUT2D eigenvalue weighted by Crippen LogP contribution is 2.25. The minimum absolute atomic E-state index is 0.127. The van der Waals surface area contributed by atoms with Crippen LogP contribution in [0, 0.1) is 11.8 Å². The first-order valence-electron chi connectivity index (χ1n) is 20.0. The van der Waals surface area contributed by atoms with Crippen LogP contribution >= 0.6 is 0 Å². The Kier molecular flexibility index (Phi) is 21.9. The number of aryl methyl sites for hydroxylation is 2. The summed E-state index contributed by atoms with van der Waals surface area (Å²) in [7, 11) is 0. The quantitative estimate of drug-likeness (QED) is 0.0445. The summed E-state index contributed by atoms with van der Waals surface area (Å²) in [5.41, 5.74) is 11.9. The van der Waals surface area contributed by atoms with E-state index in [1.165, 1.54) is 50.7 Å². The predicted octanol–water partition coefficient (Wildman–Crippen LogP) is 8.74. The molecule has 0 aliphatic carbocycles. The highest BCUT2D eigenvalue weighted by molar-refractivity contribution is 6.00. The van der Waals surface area contributed by atoms with Gasteiger partial charge in [0.1, 0.15) is 11.5 Å². The number of unbranched alkanes of at least 4 members (excludes halogenated alkanes) is 12. The van der Waals surface area contributed by atoms with E-state index in [1.54, 1.807) is 19.1 Å². The third kappa shape index (κ3) is 16.1. The Balaban J connectivity index is 1.93. The summed E-state index contributed by atoms with van der Waals surface area (Å²) in [5, 5.41) is 21.0. The fourth-order valence-corrected chi connectivity index (χ4v) is 6.52. The van der Waals surface area contributed by atoms with Crippen molar-refractivity contribution in [2.45, 2.75) is 156 Å². The molecular formula is C42H66N4O6. The summed E-state index contributed by atoms with van der Waals surface area (Å²) < 4.78 is 0. The van der Waals surface area contributed by atoms with Gasteiger partial charge in [-0.15, -0.1) is 0 Å². The van der Waals surface area contributed by atoms with Gasteiger partial charge in [0.15, 0.2) is 0 Å². The highest BCUT2D eigenvalue weighted by Gasteiger charge is 2.24. The number of phenols is 2. The normalized spacial score (nSPS) is 12.2. The van der Waals surface area contributed by atoms with Crippen molar-refractivity contribution in [3.05, 3.63) is 58.7 Å². The van der Waals surface area contributed by atoms with Crippen LogP contribution < -0.4 is 21.7 Å². The average Bonchev–Trinajstić information content (AvgIpc) is 3.13. The Labute approximate surface area is 312 Å². The number of phenolic OH excluding ortho intramolecular Hbond substituents is 2. The largest absolute Gasteiger partial charge is 0.507 e. The first kappa shape index (κ1) is 44.1. The molecule has 0 saturated heterocycles. The van der Waals surface area contributed by atoms with E-state index in [-0.39, 0.29) is 28.5 Å². The number of carbonyl (C=O) groups excluding carboxylic acids is 4. The van der Waals surface area contributed by atoms with Crippen LogP contribution in [0.1, 0.15) is 175 Å².